The molecule has 3 aromatic rings. The van der Waals surface area contributed by atoms with Gasteiger partial charge in [-0.05, 0) is 80.3 Å². The van der Waals surface area contributed by atoms with E-state index < -0.39 is 0 Å². The van der Waals surface area contributed by atoms with Crippen molar-refractivity contribution in [2.45, 2.75) is 57.0 Å². The summed E-state index contributed by atoms with van der Waals surface area (Å²) in [6, 6.07) is 28.1. The van der Waals surface area contributed by atoms with E-state index in [0.29, 0.717) is 18.2 Å². The van der Waals surface area contributed by atoms with Crippen molar-refractivity contribution < 1.29 is 9.47 Å². The van der Waals surface area contributed by atoms with Crippen molar-refractivity contribution in [2.24, 2.45) is 0 Å². The van der Waals surface area contributed by atoms with Crippen molar-refractivity contribution in [3.05, 3.63) is 90.0 Å². The fraction of sp³-hybridized carbons (Fsp3) is 0.357. The lowest BCUT2D eigenvalue weighted by atomic mass is 10.0. The fourth-order valence-electron chi connectivity index (χ4n) is 5.03. The molecule has 32 heavy (non-hydrogen) atoms. The largest absolute Gasteiger partial charge is 0.490 e. The van der Waals surface area contributed by atoms with Crippen LogP contribution in [0.25, 0.3) is 0 Å². The van der Waals surface area contributed by atoms with Gasteiger partial charge in [0.1, 0.15) is 23.4 Å². The summed E-state index contributed by atoms with van der Waals surface area (Å²) in [6.07, 6.45) is 5.30. The molecule has 2 bridgehead atoms. The number of nitrogens with one attached hydrogen (secondary N) is 1. The lowest BCUT2D eigenvalue weighted by molar-refractivity contribution is 0.0661. The molecule has 0 saturated carbocycles. The average molecular weight is 429 g/mol. The molecular weight excluding hydrogens is 396 g/mol. The van der Waals surface area contributed by atoms with Gasteiger partial charge in [-0.1, -0.05) is 42.5 Å². The van der Waals surface area contributed by atoms with E-state index in [2.05, 4.69) is 53.7 Å². The molecule has 2 aliphatic rings. The Morgan fingerprint density at radius 1 is 0.750 bits per heavy atom. The first-order valence-electron chi connectivity index (χ1n) is 11.7. The first-order chi connectivity index (χ1) is 15.7. The van der Waals surface area contributed by atoms with Crippen LogP contribution in [0.2, 0.25) is 0 Å². The molecule has 1 N–H and O–H groups in total. The number of benzene rings is 3. The quantitative estimate of drug-likeness (QED) is 0.494. The van der Waals surface area contributed by atoms with Gasteiger partial charge in [0.2, 0.25) is 0 Å². The number of para-hydroxylation sites is 1. The normalized spacial score (nSPS) is 22.6. The molecule has 4 heteroatoms. The van der Waals surface area contributed by atoms with Gasteiger partial charge in [0.05, 0.1) is 0 Å². The zero-order valence-electron chi connectivity index (χ0n) is 18.7. The maximum absolute atomic E-state index is 6.38. The Hall–Kier alpha value is -2.82. The Bertz CT molecular complexity index is 991. The summed E-state index contributed by atoms with van der Waals surface area (Å²) >= 11 is 0. The third-order valence-corrected chi connectivity index (χ3v) is 6.82. The van der Waals surface area contributed by atoms with Gasteiger partial charge >= 0.3 is 0 Å². The summed E-state index contributed by atoms with van der Waals surface area (Å²) in [5.41, 5.74) is 2.49. The highest BCUT2D eigenvalue weighted by Gasteiger charge is 2.39. The SMILES string of the molecule is CN1[C@@H]2CC[C@H]1C[C@H](Oc1cccc(CNCc3ccc(Oc4ccccc4)cc3)c1)C2. The van der Waals surface area contributed by atoms with Gasteiger partial charge in [-0.3, -0.25) is 0 Å². The fourth-order valence-corrected chi connectivity index (χ4v) is 5.03. The Balaban J connectivity index is 1.10. The summed E-state index contributed by atoms with van der Waals surface area (Å²) in [6.45, 7) is 1.63. The molecule has 5 rings (SSSR count). The summed E-state index contributed by atoms with van der Waals surface area (Å²) < 4.78 is 12.3. The minimum Gasteiger partial charge on any atom is -0.490 e. The van der Waals surface area contributed by atoms with Crippen molar-refractivity contribution in [1.82, 2.24) is 10.2 Å². The molecule has 2 saturated heterocycles. The molecular formula is C28H32N2O2. The van der Waals surface area contributed by atoms with Crippen LogP contribution in [0.4, 0.5) is 0 Å². The van der Waals surface area contributed by atoms with Crippen molar-refractivity contribution in [1.29, 1.82) is 0 Å². The topological polar surface area (TPSA) is 33.7 Å². The van der Waals surface area contributed by atoms with Crippen molar-refractivity contribution >= 4 is 0 Å². The second-order valence-corrected chi connectivity index (χ2v) is 9.07. The minimum atomic E-state index is 0.350. The second kappa shape index (κ2) is 9.76. The van der Waals surface area contributed by atoms with Crippen LogP contribution >= 0.6 is 0 Å². The highest BCUT2D eigenvalue weighted by molar-refractivity contribution is 5.33. The van der Waals surface area contributed by atoms with Gasteiger partial charge in [-0.2, -0.15) is 0 Å². The highest BCUT2D eigenvalue weighted by atomic mass is 16.5. The van der Waals surface area contributed by atoms with Crippen LogP contribution in [0, 0.1) is 0 Å². The van der Waals surface area contributed by atoms with Crippen molar-refractivity contribution in [3.8, 4) is 17.2 Å². The number of hydrogen-bond acceptors (Lipinski definition) is 4. The van der Waals surface area contributed by atoms with Gasteiger partial charge in [-0.25, -0.2) is 0 Å². The summed E-state index contributed by atoms with van der Waals surface area (Å²) in [7, 11) is 2.27. The van der Waals surface area contributed by atoms with Crippen LogP contribution in [0.1, 0.15) is 36.8 Å². The average Bonchev–Trinajstić information content (AvgIpc) is 3.02. The molecule has 3 atom stereocenters. The number of ether oxygens (including phenoxy) is 2. The molecule has 4 nitrogen and oxygen atoms in total. The number of fused-ring (bicyclic) bond motifs is 2. The van der Waals surface area contributed by atoms with Gasteiger partial charge in [-0.15, -0.1) is 0 Å². The van der Waals surface area contributed by atoms with Gasteiger partial charge in [0, 0.05) is 25.2 Å². The van der Waals surface area contributed by atoms with Crippen molar-refractivity contribution in [2.75, 3.05) is 7.05 Å². The molecule has 3 aromatic carbocycles. The van der Waals surface area contributed by atoms with E-state index in [4.69, 9.17) is 9.47 Å². The zero-order valence-corrected chi connectivity index (χ0v) is 18.7. The summed E-state index contributed by atoms with van der Waals surface area (Å²) in [5.74, 6) is 2.71. The van der Waals surface area contributed by atoms with E-state index in [1.54, 1.807) is 0 Å². The molecule has 0 unspecified atom stereocenters. The van der Waals surface area contributed by atoms with Crippen LogP contribution in [-0.2, 0) is 13.1 Å². The predicted octanol–water partition coefficient (Wildman–Crippen LogP) is 5.77. The highest BCUT2D eigenvalue weighted by Crippen LogP contribution is 2.36. The minimum absolute atomic E-state index is 0.350. The molecule has 166 valence electrons. The molecule has 0 radical (unpaired) electrons. The van der Waals surface area contributed by atoms with E-state index in [1.165, 1.54) is 24.0 Å². The van der Waals surface area contributed by atoms with E-state index in [1.807, 2.05) is 42.5 Å². The number of hydrogen-bond donors (Lipinski definition) is 1. The molecule has 0 spiro atoms. The number of rotatable bonds is 8. The standard InChI is InChI=1S/C28H32N2O2/c1-30-23-12-13-24(30)18-28(17-23)32-27-9-5-6-22(16-27)20-29-19-21-10-14-26(15-11-21)31-25-7-3-2-4-8-25/h2-11,14-16,23-24,28-29H,12-13,17-20H2,1H3/t23-,24+,28-. The Morgan fingerprint density at radius 3 is 2.16 bits per heavy atom. The zero-order chi connectivity index (χ0) is 21.8. The third kappa shape index (κ3) is 5.14. The van der Waals surface area contributed by atoms with Crippen LogP contribution in [0.3, 0.4) is 0 Å². The van der Waals surface area contributed by atoms with Crippen LogP contribution in [0.15, 0.2) is 78.9 Å². The van der Waals surface area contributed by atoms with Crippen LogP contribution in [-0.4, -0.2) is 30.1 Å². The first kappa shape index (κ1) is 21.0. The lowest BCUT2D eigenvalue weighted by Gasteiger charge is -2.36. The smallest absolute Gasteiger partial charge is 0.127 e. The summed E-state index contributed by atoms with van der Waals surface area (Å²) in [4.78, 5) is 2.56. The lowest BCUT2D eigenvalue weighted by Crippen LogP contribution is -2.43. The molecule has 2 fully saturated rings. The molecule has 0 aliphatic carbocycles. The van der Waals surface area contributed by atoms with E-state index >= 15 is 0 Å². The van der Waals surface area contributed by atoms with Crippen LogP contribution < -0.4 is 14.8 Å². The van der Waals surface area contributed by atoms with Crippen molar-refractivity contribution in [3.63, 3.8) is 0 Å². The Labute approximate surface area is 191 Å². The Kier molecular flexibility index (Phi) is 6.42. The maximum Gasteiger partial charge on any atom is 0.127 e. The summed E-state index contributed by atoms with van der Waals surface area (Å²) in [5, 5.41) is 3.54. The van der Waals surface area contributed by atoms with Gasteiger partial charge in [0.15, 0.2) is 0 Å². The number of piperidine rings is 1. The Morgan fingerprint density at radius 2 is 1.41 bits per heavy atom. The monoisotopic (exact) mass is 428 g/mol. The van der Waals surface area contributed by atoms with Crippen LogP contribution in [0.5, 0.6) is 17.2 Å². The predicted molar refractivity (Wildman–Crippen MR) is 128 cm³/mol. The van der Waals surface area contributed by atoms with E-state index in [-0.39, 0.29) is 0 Å². The molecule has 0 aromatic heterocycles. The first-order valence-corrected chi connectivity index (χ1v) is 11.7. The van der Waals surface area contributed by atoms with Gasteiger partial charge in [0.25, 0.3) is 0 Å². The molecule has 2 aliphatic heterocycles. The number of nitrogens with zero attached hydrogens (tertiary/aromatic N) is 1. The molecule has 2 heterocycles. The van der Waals surface area contributed by atoms with Gasteiger partial charge < -0.3 is 19.7 Å². The molecule has 0 amide bonds. The van der Waals surface area contributed by atoms with E-state index in [0.717, 1.165) is 43.2 Å². The second-order valence-electron chi connectivity index (χ2n) is 9.07. The van der Waals surface area contributed by atoms with E-state index in [9.17, 15) is 0 Å². The maximum atomic E-state index is 6.38. The third-order valence-electron chi connectivity index (χ3n) is 6.82.